The van der Waals surface area contributed by atoms with Gasteiger partial charge in [0.05, 0.1) is 0 Å². The molecule has 1 unspecified atom stereocenters. The predicted octanol–water partition coefficient (Wildman–Crippen LogP) is 3.19. The standard InChI is InChI=1S/C11H25N/c1-5-10(6-2)8-11(4,7-3)9-12/h10H,5-9,12H2,1-4H3. The summed E-state index contributed by atoms with van der Waals surface area (Å²) in [5, 5.41) is 0. The average Bonchev–Trinajstić information content (AvgIpc) is 2.14. The molecule has 0 fully saturated rings. The van der Waals surface area contributed by atoms with Crippen molar-refractivity contribution in [1.82, 2.24) is 0 Å². The molecule has 0 radical (unpaired) electrons. The van der Waals surface area contributed by atoms with E-state index >= 15 is 0 Å². The van der Waals surface area contributed by atoms with Crippen LogP contribution < -0.4 is 5.73 Å². The molecule has 74 valence electrons. The summed E-state index contributed by atoms with van der Waals surface area (Å²) < 4.78 is 0. The molecule has 0 rings (SSSR count). The second kappa shape index (κ2) is 5.58. The molecule has 0 aliphatic carbocycles. The molecule has 0 saturated carbocycles. The molecule has 0 saturated heterocycles. The lowest BCUT2D eigenvalue weighted by atomic mass is 9.77. The van der Waals surface area contributed by atoms with Gasteiger partial charge in [0.15, 0.2) is 0 Å². The van der Waals surface area contributed by atoms with E-state index in [0.29, 0.717) is 5.41 Å². The molecule has 0 aliphatic heterocycles. The zero-order valence-corrected chi connectivity index (χ0v) is 9.19. The largest absolute Gasteiger partial charge is 0.330 e. The van der Waals surface area contributed by atoms with Gasteiger partial charge in [-0.15, -0.1) is 0 Å². The van der Waals surface area contributed by atoms with E-state index in [1.54, 1.807) is 0 Å². The molecule has 0 heterocycles. The van der Waals surface area contributed by atoms with Crippen LogP contribution in [0.15, 0.2) is 0 Å². The van der Waals surface area contributed by atoms with Crippen molar-refractivity contribution in [2.45, 2.75) is 53.4 Å². The van der Waals surface area contributed by atoms with Crippen molar-refractivity contribution >= 4 is 0 Å². The minimum absolute atomic E-state index is 0.386. The molecule has 0 amide bonds. The van der Waals surface area contributed by atoms with Gasteiger partial charge in [0, 0.05) is 0 Å². The van der Waals surface area contributed by atoms with Gasteiger partial charge in [-0.25, -0.2) is 0 Å². The van der Waals surface area contributed by atoms with Crippen LogP contribution in [0.2, 0.25) is 0 Å². The molecule has 1 atom stereocenters. The van der Waals surface area contributed by atoms with Crippen LogP contribution in [0, 0.1) is 11.3 Å². The van der Waals surface area contributed by atoms with E-state index in [4.69, 9.17) is 5.73 Å². The second-order valence-electron chi connectivity index (χ2n) is 4.25. The highest BCUT2D eigenvalue weighted by Crippen LogP contribution is 2.31. The summed E-state index contributed by atoms with van der Waals surface area (Å²) in [6.45, 7) is 9.95. The fourth-order valence-electron chi connectivity index (χ4n) is 1.65. The maximum absolute atomic E-state index is 5.78. The summed E-state index contributed by atoms with van der Waals surface area (Å²) in [7, 11) is 0. The lowest BCUT2D eigenvalue weighted by molar-refractivity contribution is 0.230. The molecule has 1 heteroatoms. The van der Waals surface area contributed by atoms with Crippen LogP contribution >= 0.6 is 0 Å². The van der Waals surface area contributed by atoms with Gasteiger partial charge in [0.1, 0.15) is 0 Å². The fourth-order valence-corrected chi connectivity index (χ4v) is 1.65. The van der Waals surface area contributed by atoms with Gasteiger partial charge in [-0.05, 0) is 30.7 Å². The Hall–Kier alpha value is -0.0400. The summed E-state index contributed by atoms with van der Waals surface area (Å²) in [6.07, 6.45) is 5.10. The number of nitrogens with two attached hydrogens (primary N) is 1. The Morgan fingerprint density at radius 3 is 1.92 bits per heavy atom. The Bertz CT molecular complexity index is 102. The average molecular weight is 171 g/mol. The third-order valence-electron chi connectivity index (χ3n) is 3.28. The minimum atomic E-state index is 0.386. The zero-order valence-electron chi connectivity index (χ0n) is 9.19. The third kappa shape index (κ3) is 3.57. The molecule has 0 aromatic rings. The van der Waals surface area contributed by atoms with Gasteiger partial charge in [0.25, 0.3) is 0 Å². The first-order valence-electron chi connectivity index (χ1n) is 5.31. The van der Waals surface area contributed by atoms with E-state index < -0.39 is 0 Å². The number of rotatable bonds is 6. The molecule has 0 spiro atoms. The first-order chi connectivity index (χ1) is 5.61. The molecule has 0 aliphatic rings. The van der Waals surface area contributed by atoms with E-state index in [2.05, 4.69) is 27.7 Å². The third-order valence-corrected chi connectivity index (χ3v) is 3.28. The highest BCUT2D eigenvalue weighted by atomic mass is 14.6. The molecule has 0 aromatic carbocycles. The summed E-state index contributed by atoms with van der Waals surface area (Å²) in [5.74, 6) is 0.874. The molecular formula is C11H25N. The van der Waals surface area contributed by atoms with Crippen LogP contribution in [-0.2, 0) is 0 Å². The Balaban J connectivity index is 3.99. The highest BCUT2D eigenvalue weighted by Gasteiger charge is 2.23. The Kier molecular flexibility index (Phi) is 5.56. The molecule has 1 nitrogen and oxygen atoms in total. The Morgan fingerprint density at radius 1 is 1.17 bits per heavy atom. The predicted molar refractivity (Wildman–Crippen MR) is 56.1 cm³/mol. The maximum Gasteiger partial charge on any atom is -0.00232 e. The number of hydrogen-bond donors (Lipinski definition) is 1. The first kappa shape index (κ1) is 12.0. The van der Waals surface area contributed by atoms with Crippen LogP contribution in [-0.4, -0.2) is 6.54 Å². The van der Waals surface area contributed by atoms with Gasteiger partial charge in [-0.2, -0.15) is 0 Å². The smallest absolute Gasteiger partial charge is 0.00232 e. The summed E-state index contributed by atoms with van der Waals surface area (Å²) >= 11 is 0. The van der Waals surface area contributed by atoms with E-state index in [9.17, 15) is 0 Å². The van der Waals surface area contributed by atoms with E-state index in [0.717, 1.165) is 12.5 Å². The van der Waals surface area contributed by atoms with Crippen LogP contribution in [0.3, 0.4) is 0 Å². The topological polar surface area (TPSA) is 26.0 Å². The molecule has 0 bridgehead atoms. The molecule has 12 heavy (non-hydrogen) atoms. The Labute approximate surface area is 77.7 Å². The minimum Gasteiger partial charge on any atom is -0.330 e. The van der Waals surface area contributed by atoms with Crippen molar-refractivity contribution in [3.05, 3.63) is 0 Å². The van der Waals surface area contributed by atoms with Gasteiger partial charge in [-0.1, -0.05) is 40.5 Å². The summed E-state index contributed by atoms with van der Waals surface area (Å²) in [6, 6.07) is 0. The van der Waals surface area contributed by atoms with Gasteiger partial charge < -0.3 is 5.73 Å². The zero-order chi connectivity index (χ0) is 9.61. The number of hydrogen-bond acceptors (Lipinski definition) is 1. The lowest BCUT2D eigenvalue weighted by Crippen LogP contribution is -2.28. The van der Waals surface area contributed by atoms with Crippen LogP contribution in [0.25, 0.3) is 0 Å². The lowest BCUT2D eigenvalue weighted by Gasteiger charge is -2.30. The molecule has 0 aromatic heterocycles. The SMILES string of the molecule is CCC(CC)CC(C)(CC)CN. The van der Waals surface area contributed by atoms with Gasteiger partial charge in [0.2, 0.25) is 0 Å². The van der Waals surface area contributed by atoms with E-state index in [1.165, 1.54) is 25.7 Å². The van der Waals surface area contributed by atoms with Crippen molar-refractivity contribution in [1.29, 1.82) is 0 Å². The second-order valence-corrected chi connectivity index (χ2v) is 4.25. The summed E-state index contributed by atoms with van der Waals surface area (Å²) in [4.78, 5) is 0. The van der Waals surface area contributed by atoms with Gasteiger partial charge >= 0.3 is 0 Å². The summed E-state index contributed by atoms with van der Waals surface area (Å²) in [5.41, 5.74) is 6.16. The fraction of sp³-hybridized carbons (Fsp3) is 1.00. The first-order valence-corrected chi connectivity index (χ1v) is 5.31. The van der Waals surface area contributed by atoms with Crippen LogP contribution in [0.4, 0.5) is 0 Å². The quantitative estimate of drug-likeness (QED) is 0.652. The molecule has 2 N–H and O–H groups in total. The van der Waals surface area contributed by atoms with Crippen molar-refractivity contribution in [2.75, 3.05) is 6.54 Å². The van der Waals surface area contributed by atoms with E-state index in [1.807, 2.05) is 0 Å². The maximum atomic E-state index is 5.78. The Morgan fingerprint density at radius 2 is 1.67 bits per heavy atom. The van der Waals surface area contributed by atoms with Crippen molar-refractivity contribution < 1.29 is 0 Å². The molecular weight excluding hydrogens is 146 g/mol. The highest BCUT2D eigenvalue weighted by molar-refractivity contribution is 4.76. The van der Waals surface area contributed by atoms with E-state index in [-0.39, 0.29) is 0 Å². The van der Waals surface area contributed by atoms with Crippen molar-refractivity contribution in [3.63, 3.8) is 0 Å². The van der Waals surface area contributed by atoms with Crippen LogP contribution in [0.1, 0.15) is 53.4 Å². The van der Waals surface area contributed by atoms with Gasteiger partial charge in [-0.3, -0.25) is 0 Å². The monoisotopic (exact) mass is 171 g/mol. The normalized spacial score (nSPS) is 16.5. The van der Waals surface area contributed by atoms with Crippen molar-refractivity contribution in [3.8, 4) is 0 Å². The van der Waals surface area contributed by atoms with Crippen LogP contribution in [0.5, 0.6) is 0 Å². The van der Waals surface area contributed by atoms with Crippen molar-refractivity contribution in [2.24, 2.45) is 17.1 Å².